The van der Waals surface area contributed by atoms with Crippen molar-refractivity contribution in [2.75, 3.05) is 5.32 Å². The van der Waals surface area contributed by atoms with Crippen LogP contribution < -0.4 is 10.1 Å². The van der Waals surface area contributed by atoms with Gasteiger partial charge in [0.25, 0.3) is 0 Å². The highest BCUT2D eigenvalue weighted by atomic mass is 19.1. The van der Waals surface area contributed by atoms with Gasteiger partial charge in [-0.2, -0.15) is 0 Å². The molecule has 7 heteroatoms. The molecule has 30 heavy (non-hydrogen) atoms. The van der Waals surface area contributed by atoms with Crippen LogP contribution in [0.3, 0.4) is 0 Å². The van der Waals surface area contributed by atoms with E-state index in [1.54, 1.807) is 44.2 Å². The SMILES string of the molecule is CCC(C)(CC(=O)Nc1cccc(OCc2ccc3ccc(F)cc3n2)c1)C(=O)O. The first-order chi connectivity index (χ1) is 14.3. The maximum absolute atomic E-state index is 13.4. The van der Waals surface area contributed by atoms with Gasteiger partial charge in [0.05, 0.1) is 16.6 Å². The van der Waals surface area contributed by atoms with Crippen LogP contribution in [0.15, 0.2) is 54.6 Å². The van der Waals surface area contributed by atoms with Gasteiger partial charge in [-0.25, -0.2) is 9.37 Å². The number of aliphatic carboxylic acids is 1. The first kappa shape index (κ1) is 21.2. The molecule has 156 valence electrons. The first-order valence-corrected chi connectivity index (χ1v) is 9.60. The second kappa shape index (κ2) is 8.90. The van der Waals surface area contributed by atoms with Gasteiger partial charge in [-0.1, -0.05) is 19.1 Å². The summed E-state index contributed by atoms with van der Waals surface area (Å²) >= 11 is 0. The molecule has 0 spiro atoms. The van der Waals surface area contributed by atoms with Gasteiger partial charge in [0.1, 0.15) is 18.2 Å². The molecule has 0 saturated heterocycles. The Morgan fingerprint density at radius 2 is 1.93 bits per heavy atom. The maximum atomic E-state index is 13.4. The van der Waals surface area contributed by atoms with Crippen molar-refractivity contribution in [3.63, 3.8) is 0 Å². The van der Waals surface area contributed by atoms with E-state index in [0.29, 0.717) is 29.1 Å². The van der Waals surface area contributed by atoms with Crippen LogP contribution in [-0.2, 0) is 16.2 Å². The third kappa shape index (κ3) is 5.11. The van der Waals surface area contributed by atoms with E-state index in [0.717, 1.165) is 5.39 Å². The van der Waals surface area contributed by atoms with Gasteiger partial charge >= 0.3 is 5.97 Å². The predicted molar refractivity (Wildman–Crippen MR) is 112 cm³/mol. The summed E-state index contributed by atoms with van der Waals surface area (Å²) < 4.78 is 19.2. The largest absolute Gasteiger partial charge is 0.487 e. The van der Waals surface area contributed by atoms with Gasteiger partial charge in [-0.15, -0.1) is 0 Å². The molecule has 2 N–H and O–H groups in total. The lowest BCUT2D eigenvalue weighted by atomic mass is 9.84. The summed E-state index contributed by atoms with van der Waals surface area (Å²) in [6.45, 7) is 3.47. The highest BCUT2D eigenvalue weighted by molar-refractivity contribution is 5.94. The third-order valence-electron chi connectivity index (χ3n) is 5.06. The third-order valence-corrected chi connectivity index (χ3v) is 5.06. The smallest absolute Gasteiger partial charge is 0.309 e. The average molecular weight is 410 g/mol. The Morgan fingerprint density at radius 3 is 2.67 bits per heavy atom. The maximum Gasteiger partial charge on any atom is 0.309 e. The minimum Gasteiger partial charge on any atom is -0.487 e. The summed E-state index contributed by atoms with van der Waals surface area (Å²) in [4.78, 5) is 28.1. The van der Waals surface area contributed by atoms with Gasteiger partial charge < -0.3 is 15.2 Å². The number of fused-ring (bicyclic) bond motifs is 1. The van der Waals surface area contributed by atoms with Crippen LogP contribution in [0.4, 0.5) is 10.1 Å². The van der Waals surface area contributed by atoms with Crippen LogP contribution in [0.2, 0.25) is 0 Å². The topological polar surface area (TPSA) is 88.5 Å². The molecule has 1 aromatic heterocycles. The number of carboxylic acid groups (broad SMARTS) is 1. The lowest BCUT2D eigenvalue weighted by Gasteiger charge is -2.22. The number of hydrogen-bond acceptors (Lipinski definition) is 4. The van der Waals surface area contributed by atoms with Gasteiger partial charge in [-0.05, 0) is 43.7 Å². The number of amides is 1. The molecule has 0 aliphatic heterocycles. The summed E-state index contributed by atoms with van der Waals surface area (Å²) in [5.41, 5.74) is 0.589. The molecule has 3 rings (SSSR count). The number of aromatic nitrogens is 1. The van der Waals surface area contributed by atoms with Crippen molar-refractivity contribution >= 4 is 28.5 Å². The molecule has 6 nitrogen and oxygen atoms in total. The normalized spacial score (nSPS) is 12.9. The number of anilines is 1. The van der Waals surface area contributed by atoms with Crippen molar-refractivity contribution in [1.82, 2.24) is 4.98 Å². The van der Waals surface area contributed by atoms with Crippen LogP contribution in [-0.4, -0.2) is 22.0 Å². The van der Waals surface area contributed by atoms with Crippen molar-refractivity contribution in [3.05, 3.63) is 66.1 Å². The minimum absolute atomic E-state index is 0.124. The van der Waals surface area contributed by atoms with Crippen LogP contribution in [0, 0.1) is 11.2 Å². The van der Waals surface area contributed by atoms with Crippen LogP contribution in [0.5, 0.6) is 5.75 Å². The Morgan fingerprint density at radius 1 is 1.17 bits per heavy atom. The number of benzene rings is 2. The van der Waals surface area contributed by atoms with Gasteiger partial charge in [0.15, 0.2) is 0 Å². The standard InChI is InChI=1S/C23H23FN2O4/c1-3-23(2,22(28)29)13-21(27)26-17-5-4-6-19(12-17)30-14-18-10-8-15-7-9-16(24)11-20(15)25-18/h4-12H,3,13-14H2,1-2H3,(H,26,27)(H,28,29). The highest BCUT2D eigenvalue weighted by Gasteiger charge is 2.33. The van der Waals surface area contributed by atoms with E-state index in [9.17, 15) is 19.1 Å². The molecule has 3 aromatic rings. The van der Waals surface area contributed by atoms with Crippen molar-refractivity contribution in [2.24, 2.45) is 5.41 Å². The fourth-order valence-electron chi connectivity index (χ4n) is 2.95. The molecule has 2 aromatic carbocycles. The van der Waals surface area contributed by atoms with E-state index in [-0.39, 0.29) is 24.8 Å². The fourth-order valence-corrected chi connectivity index (χ4v) is 2.95. The van der Waals surface area contributed by atoms with Gasteiger partial charge in [-0.3, -0.25) is 9.59 Å². The lowest BCUT2D eigenvalue weighted by Crippen LogP contribution is -2.31. The summed E-state index contributed by atoms with van der Waals surface area (Å²) in [5, 5.41) is 12.9. The predicted octanol–water partition coefficient (Wildman–Crippen LogP) is 4.78. The Balaban J connectivity index is 1.64. The quantitative estimate of drug-likeness (QED) is 0.558. The van der Waals surface area contributed by atoms with E-state index in [4.69, 9.17) is 4.74 Å². The molecule has 0 radical (unpaired) electrons. The molecule has 1 atom stereocenters. The Bertz CT molecular complexity index is 1090. The van der Waals surface area contributed by atoms with Crippen LogP contribution in [0.25, 0.3) is 10.9 Å². The molecular formula is C23H23FN2O4. The number of rotatable bonds is 8. The zero-order valence-corrected chi connectivity index (χ0v) is 16.8. The fraction of sp³-hybridized carbons (Fsp3) is 0.261. The molecule has 0 bridgehead atoms. The van der Waals surface area contributed by atoms with Gasteiger partial charge in [0, 0.05) is 29.6 Å². The summed E-state index contributed by atoms with van der Waals surface area (Å²) in [7, 11) is 0. The summed E-state index contributed by atoms with van der Waals surface area (Å²) in [6, 6.07) is 14.9. The Labute approximate surface area is 173 Å². The highest BCUT2D eigenvalue weighted by Crippen LogP contribution is 2.27. The van der Waals surface area contributed by atoms with E-state index < -0.39 is 11.4 Å². The lowest BCUT2D eigenvalue weighted by molar-refractivity contribution is -0.150. The summed E-state index contributed by atoms with van der Waals surface area (Å²) in [5.74, 6) is -1.21. The molecular weight excluding hydrogens is 387 g/mol. The first-order valence-electron chi connectivity index (χ1n) is 9.60. The number of halogens is 1. The summed E-state index contributed by atoms with van der Waals surface area (Å²) in [6.07, 6.45) is 0.225. The number of carbonyl (C=O) groups is 2. The Kier molecular flexibility index (Phi) is 6.30. The molecule has 0 aliphatic carbocycles. The van der Waals surface area contributed by atoms with Gasteiger partial charge in [0.2, 0.25) is 5.91 Å². The second-order valence-corrected chi connectivity index (χ2v) is 7.40. The zero-order valence-electron chi connectivity index (χ0n) is 16.8. The monoisotopic (exact) mass is 410 g/mol. The number of nitrogens with one attached hydrogen (secondary N) is 1. The minimum atomic E-state index is -1.11. The zero-order chi connectivity index (χ0) is 21.7. The van der Waals surface area contributed by atoms with Crippen LogP contribution >= 0.6 is 0 Å². The molecule has 1 heterocycles. The van der Waals surface area contributed by atoms with E-state index in [1.807, 2.05) is 12.1 Å². The number of pyridine rings is 1. The van der Waals surface area contributed by atoms with Crippen molar-refractivity contribution in [1.29, 1.82) is 0 Å². The Hall–Kier alpha value is -3.48. The molecule has 0 saturated carbocycles. The molecule has 1 unspecified atom stereocenters. The van der Waals surface area contributed by atoms with Crippen molar-refractivity contribution in [2.45, 2.75) is 33.3 Å². The van der Waals surface area contributed by atoms with Crippen molar-refractivity contribution < 1.29 is 23.8 Å². The van der Waals surface area contributed by atoms with E-state index >= 15 is 0 Å². The van der Waals surface area contributed by atoms with E-state index in [2.05, 4.69) is 10.3 Å². The second-order valence-electron chi connectivity index (χ2n) is 7.40. The van der Waals surface area contributed by atoms with Crippen LogP contribution in [0.1, 0.15) is 32.4 Å². The van der Waals surface area contributed by atoms with E-state index in [1.165, 1.54) is 12.1 Å². The number of carbonyl (C=O) groups excluding carboxylic acids is 1. The molecule has 0 fully saturated rings. The molecule has 0 aliphatic rings. The number of hydrogen-bond donors (Lipinski definition) is 2. The number of carboxylic acids is 1. The number of ether oxygens (including phenoxy) is 1. The average Bonchev–Trinajstić information content (AvgIpc) is 2.71. The molecule has 1 amide bonds. The van der Waals surface area contributed by atoms with Crippen molar-refractivity contribution in [3.8, 4) is 5.75 Å². The number of nitrogens with zero attached hydrogens (tertiary/aromatic N) is 1.